The third-order valence-corrected chi connectivity index (χ3v) is 9.84. The molecule has 1 heterocycles. The number of ether oxygens (including phenoxy) is 1. The standard InChI is InChI=1S/C15H30O2Si/c1-4-16-18(5-2,6-3)11-7-8-13-9-10-14-15(12-13)17-14/h13-15H,4-12H2,1-3H3. The maximum absolute atomic E-state index is 6.16. The fraction of sp³-hybridized carbons (Fsp3) is 1.00. The first-order chi connectivity index (χ1) is 8.73. The highest BCUT2D eigenvalue weighted by Crippen LogP contribution is 2.41. The van der Waals surface area contributed by atoms with Crippen LogP contribution in [0, 0.1) is 5.92 Å². The molecule has 0 aromatic rings. The van der Waals surface area contributed by atoms with Gasteiger partial charge in [0, 0.05) is 6.61 Å². The quantitative estimate of drug-likeness (QED) is 0.483. The molecule has 106 valence electrons. The lowest BCUT2D eigenvalue weighted by atomic mass is 9.86. The molecule has 2 aliphatic rings. The molecule has 0 N–H and O–H groups in total. The molecule has 2 fully saturated rings. The molecule has 18 heavy (non-hydrogen) atoms. The first-order valence-corrected chi connectivity index (χ1v) is 10.6. The molecule has 2 nitrogen and oxygen atoms in total. The van der Waals surface area contributed by atoms with Crippen LogP contribution in [-0.4, -0.2) is 27.1 Å². The second-order valence-electron chi connectivity index (χ2n) is 6.11. The van der Waals surface area contributed by atoms with Crippen LogP contribution in [0.1, 0.15) is 52.9 Å². The monoisotopic (exact) mass is 270 g/mol. The summed E-state index contributed by atoms with van der Waals surface area (Å²) in [6.45, 7) is 7.72. The van der Waals surface area contributed by atoms with Crippen LogP contribution < -0.4 is 0 Å². The largest absolute Gasteiger partial charge is 0.417 e. The molecule has 0 bridgehead atoms. The van der Waals surface area contributed by atoms with Gasteiger partial charge < -0.3 is 9.16 Å². The number of epoxide rings is 1. The van der Waals surface area contributed by atoms with Gasteiger partial charge in [-0.25, -0.2) is 0 Å². The van der Waals surface area contributed by atoms with Crippen LogP contribution in [0.5, 0.6) is 0 Å². The summed E-state index contributed by atoms with van der Waals surface area (Å²) in [6.07, 6.45) is 8.17. The Bertz CT molecular complexity index is 253. The highest BCUT2D eigenvalue weighted by molar-refractivity contribution is 6.73. The molecular weight excluding hydrogens is 240 g/mol. The van der Waals surface area contributed by atoms with Gasteiger partial charge in [0.15, 0.2) is 8.32 Å². The molecule has 1 saturated heterocycles. The lowest BCUT2D eigenvalue weighted by Gasteiger charge is -2.29. The SMILES string of the molecule is CCO[Si](CC)(CC)CCCC1CCC2OC2C1. The van der Waals surface area contributed by atoms with Gasteiger partial charge in [-0.3, -0.25) is 0 Å². The Kier molecular flexibility index (Phi) is 5.28. The van der Waals surface area contributed by atoms with Gasteiger partial charge in [0.05, 0.1) is 12.2 Å². The van der Waals surface area contributed by atoms with E-state index < -0.39 is 8.32 Å². The highest BCUT2D eigenvalue weighted by Gasteiger charge is 2.43. The van der Waals surface area contributed by atoms with Crippen LogP contribution in [0.3, 0.4) is 0 Å². The Hall–Kier alpha value is 0.137. The van der Waals surface area contributed by atoms with Crippen LogP contribution in [0.4, 0.5) is 0 Å². The van der Waals surface area contributed by atoms with Crippen LogP contribution in [0.25, 0.3) is 0 Å². The Labute approximate surface area is 114 Å². The van der Waals surface area contributed by atoms with Crippen LogP contribution in [0.15, 0.2) is 0 Å². The highest BCUT2D eigenvalue weighted by atomic mass is 28.4. The fourth-order valence-corrected chi connectivity index (χ4v) is 6.87. The van der Waals surface area contributed by atoms with Gasteiger partial charge >= 0.3 is 0 Å². The van der Waals surface area contributed by atoms with Crippen molar-refractivity contribution in [3.63, 3.8) is 0 Å². The van der Waals surface area contributed by atoms with Crippen molar-refractivity contribution in [2.45, 2.75) is 83.2 Å². The summed E-state index contributed by atoms with van der Waals surface area (Å²) in [7, 11) is -1.37. The topological polar surface area (TPSA) is 21.8 Å². The van der Waals surface area contributed by atoms with Crippen molar-refractivity contribution in [3.8, 4) is 0 Å². The number of hydrogen-bond donors (Lipinski definition) is 0. The van der Waals surface area contributed by atoms with Crippen molar-refractivity contribution >= 4 is 8.32 Å². The van der Waals surface area contributed by atoms with Crippen molar-refractivity contribution in [1.82, 2.24) is 0 Å². The van der Waals surface area contributed by atoms with Crippen molar-refractivity contribution < 1.29 is 9.16 Å². The second-order valence-corrected chi connectivity index (χ2v) is 10.7. The zero-order chi connectivity index (χ0) is 13.0. The molecule has 0 spiro atoms. The Balaban J connectivity index is 1.68. The molecule has 2 rings (SSSR count). The molecule has 0 aromatic heterocycles. The normalized spacial score (nSPS) is 31.2. The van der Waals surface area contributed by atoms with E-state index in [1.165, 1.54) is 50.2 Å². The van der Waals surface area contributed by atoms with E-state index >= 15 is 0 Å². The van der Waals surface area contributed by atoms with Crippen LogP contribution >= 0.6 is 0 Å². The molecule has 0 radical (unpaired) electrons. The van der Waals surface area contributed by atoms with E-state index in [4.69, 9.17) is 9.16 Å². The van der Waals surface area contributed by atoms with E-state index in [1.807, 2.05) is 0 Å². The summed E-state index contributed by atoms with van der Waals surface area (Å²) < 4.78 is 11.8. The molecule has 0 amide bonds. The van der Waals surface area contributed by atoms with Crippen molar-refractivity contribution in [3.05, 3.63) is 0 Å². The zero-order valence-corrected chi connectivity index (χ0v) is 13.4. The summed E-state index contributed by atoms with van der Waals surface area (Å²) in [6, 6.07) is 3.95. The van der Waals surface area contributed by atoms with Crippen LogP contribution in [0.2, 0.25) is 18.1 Å². The van der Waals surface area contributed by atoms with Gasteiger partial charge in [-0.05, 0) is 50.2 Å². The molecule has 3 atom stereocenters. The molecule has 1 aliphatic carbocycles. The molecule has 0 aromatic carbocycles. The predicted molar refractivity (Wildman–Crippen MR) is 78.4 cm³/mol. The van der Waals surface area contributed by atoms with Crippen LogP contribution in [-0.2, 0) is 9.16 Å². The van der Waals surface area contributed by atoms with Gasteiger partial charge in [0.1, 0.15) is 0 Å². The minimum Gasteiger partial charge on any atom is -0.417 e. The summed E-state index contributed by atoms with van der Waals surface area (Å²) in [4.78, 5) is 0. The van der Waals surface area contributed by atoms with Gasteiger partial charge in [-0.1, -0.05) is 26.7 Å². The van der Waals surface area contributed by atoms with Gasteiger partial charge in [0.25, 0.3) is 0 Å². The lowest BCUT2D eigenvalue weighted by molar-refractivity contribution is 0.313. The third kappa shape index (κ3) is 3.58. The summed E-state index contributed by atoms with van der Waals surface area (Å²) in [5.41, 5.74) is 0. The Morgan fingerprint density at radius 3 is 2.50 bits per heavy atom. The van der Waals surface area contributed by atoms with E-state index in [0.29, 0.717) is 12.2 Å². The van der Waals surface area contributed by atoms with E-state index in [9.17, 15) is 0 Å². The summed E-state index contributed by atoms with van der Waals surface area (Å²) in [5.74, 6) is 0.941. The molecule has 3 heteroatoms. The smallest absolute Gasteiger partial charge is 0.192 e. The van der Waals surface area contributed by atoms with E-state index in [1.54, 1.807) is 0 Å². The zero-order valence-electron chi connectivity index (χ0n) is 12.4. The number of hydrogen-bond acceptors (Lipinski definition) is 2. The first kappa shape index (κ1) is 14.5. The van der Waals surface area contributed by atoms with Crippen molar-refractivity contribution in [1.29, 1.82) is 0 Å². The average Bonchev–Trinajstić information content (AvgIpc) is 3.16. The average molecular weight is 270 g/mol. The van der Waals surface area contributed by atoms with Crippen molar-refractivity contribution in [2.75, 3.05) is 6.61 Å². The Morgan fingerprint density at radius 2 is 1.89 bits per heavy atom. The van der Waals surface area contributed by atoms with Gasteiger partial charge in [-0.15, -0.1) is 0 Å². The second kappa shape index (κ2) is 6.53. The predicted octanol–water partition coefficient (Wildman–Crippen LogP) is 4.36. The van der Waals surface area contributed by atoms with E-state index in [-0.39, 0.29) is 0 Å². The summed E-state index contributed by atoms with van der Waals surface area (Å²) in [5, 5.41) is 0. The van der Waals surface area contributed by atoms with E-state index in [2.05, 4.69) is 20.8 Å². The minimum atomic E-state index is -1.37. The molecule has 3 unspecified atom stereocenters. The van der Waals surface area contributed by atoms with Gasteiger partial charge in [0.2, 0.25) is 0 Å². The number of rotatable bonds is 8. The van der Waals surface area contributed by atoms with Gasteiger partial charge in [-0.2, -0.15) is 0 Å². The molecule has 1 saturated carbocycles. The van der Waals surface area contributed by atoms with Crippen molar-refractivity contribution in [2.24, 2.45) is 5.92 Å². The maximum Gasteiger partial charge on any atom is 0.192 e. The van der Waals surface area contributed by atoms with E-state index in [0.717, 1.165) is 12.5 Å². The minimum absolute atomic E-state index is 0.648. The summed E-state index contributed by atoms with van der Waals surface area (Å²) >= 11 is 0. The first-order valence-electron chi connectivity index (χ1n) is 8.02. The Morgan fingerprint density at radius 1 is 1.11 bits per heavy atom. The fourth-order valence-electron chi connectivity index (χ4n) is 3.65. The number of fused-ring (bicyclic) bond motifs is 1. The maximum atomic E-state index is 6.16. The lowest BCUT2D eigenvalue weighted by Crippen LogP contribution is -2.36. The molecule has 1 aliphatic heterocycles. The third-order valence-electron chi connectivity index (χ3n) is 5.10. The molecular formula is C15H30O2Si.